The molecule has 0 radical (unpaired) electrons. The van der Waals surface area contributed by atoms with Crippen LogP contribution >= 0.6 is 0 Å². The van der Waals surface area contributed by atoms with Gasteiger partial charge in [-0.2, -0.15) is 0 Å². The second-order valence-electron chi connectivity index (χ2n) is 8.39. The van der Waals surface area contributed by atoms with Gasteiger partial charge in [0.1, 0.15) is 29.3 Å². The van der Waals surface area contributed by atoms with E-state index in [0.717, 1.165) is 17.5 Å². The number of ether oxygens (including phenoxy) is 1. The van der Waals surface area contributed by atoms with Crippen molar-refractivity contribution in [2.45, 2.75) is 39.9 Å². The minimum atomic E-state index is -0.480. The highest BCUT2D eigenvalue weighted by Crippen LogP contribution is 2.12. The van der Waals surface area contributed by atoms with Crippen LogP contribution < -0.4 is 20.7 Å². The molecule has 1 aromatic heterocycles. The molecule has 0 unspecified atom stereocenters. The van der Waals surface area contributed by atoms with Gasteiger partial charge in [-0.1, -0.05) is 24.3 Å². The van der Waals surface area contributed by atoms with E-state index in [1.54, 1.807) is 43.3 Å². The molecule has 0 aliphatic rings. The Balaban J connectivity index is 1.50. The van der Waals surface area contributed by atoms with E-state index in [1.165, 1.54) is 12.1 Å². The molecule has 0 aliphatic carbocycles. The van der Waals surface area contributed by atoms with Gasteiger partial charge in [-0.15, -0.1) is 0 Å². The molecule has 0 fully saturated rings. The highest BCUT2D eigenvalue weighted by Gasteiger charge is 2.13. The van der Waals surface area contributed by atoms with Gasteiger partial charge in [0.2, 0.25) is 0 Å². The topological polar surface area (TPSA) is 122 Å². The SMILES string of the molecule is Cc1cc(CNC(=O)c2cc(C(=O)NCc3ccc(OCC(=O)NC(C)C)cc3)ncn2)ccc1F. The molecular weight excluding hydrogens is 465 g/mol. The average Bonchev–Trinajstić information content (AvgIpc) is 2.86. The highest BCUT2D eigenvalue weighted by atomic mass is 19.1. The lowest BCUT2D eigenvalue weighted by atomic mass is 10.1. The van der Waals surface area contributed by atoms with Crippen LogP contribution in [0.25, 0.3) is 0 Å². The van der Waals surface area contributed by atoms with Crippen molar-refractivity contribution in [2.24, 2.45) is 0 Å². The molecule has 3 N–H and O–H groups in total. The zero-order valence-electron chi connectivity index (χ0n) is 20.3. The Morgan fingerprint density at radius 2 is 1.47 bits per heavy atom. The number of halogens is 1. The highest BCUT2D eigenvalue weighted by molar-refractivity contribution is 5.97. The van der Waals surface area contributed by atoms with E-state index in [-0.39, 0.29) is 48.9 Å². The molecular formula is C26H28FN5O4. The number of carbonyl (C=O) groups is 3. The minimum absolute atomic E-state index is 0.0389. The molecule has 188 valence electrons. The van der Waals surface area contributed by atoms with Gasteiger partial charge in [-0.25, -0.2) is 14.4 Å². The summed E-state index contributed by atoms with van der Waals surface area (Å²) in [6.07, 6.45) is 1.15. The first-order valence-electron chi connectivity index (χ1n) is 11.4. The molecule has 0 saturated carbocycles. The van der Waals surface area contributed by atoms with E-state index in [1.807, 2.05) is 13.8 Å². The maximum atomic E-state index is 13.4. The molecule has 0 spiro atoms. The van der Waals surface area contributed by atoms with Crippen molar-refractivity contribution < 1.29 is 23.5 Å². The standard InChI is InChI=1S/C26H28FN5O4/c1-16(2)32-24(33)14-36-20-7-4-18(5-8-20)12-28-25(34)22-11-23(31-15-30-22)26(35)29-13-19-6-9-21(27)17(3)10-19/h4-11,15-16H,12-14H2,1-3H3,(H,28,34)(H,29,35)(H,32,33). The Bertz CT molecular complexity index is 1230. The van der Waals surface area contributed by atoms with Crippen molar-refractivity contribution >= 4 is 17.7 Å². The third-order valence-electron chi connectivity index (χ3n) is 5.00. The zero-order chi connectivity index (χ0) is 26.1. The van der Waals surface area contributed by atoms with Gasteiger partial charge in [-0.05, 0) is 55.7 Å². The Hall–Kier alpha value is -4.34. The summed E-state index contributed by atoms with van der Waals surface area (Å²) in [7, 11) is 0. The van der Waals surface area contributed by atoms with Gasteiger partial charge in [-0.3, -0.25) is 14.4 Å². The summed E-state index contributed by atoms with van der Waals surface area (Å²) < 4.78 is 18.8. The fourth-order valence-corrected chi connectivity index (χ4v) is 3.18. The minimum Gasteiger partial charge on any atom is -0.484 e. The number of aromatic nitrogens is 2. The number of amides is 3. The molecule has 3 rings (SSSR count). The number of rotatable bonds is 10. The summed E-state index contributed by atoms with van der Waals surface area (Å²) in [6.45, 7) is 5.72. The Labute approximate surface area is 208 Å². The van der Waals surface area contributed by atoms with Crippen molar-refractivity contribution in [3.05, 3.63) is 88.8 Å². The van der Waals surface area contributed by atoms with Crippen LogP contribution in [-0.4, -0.2) is 40.3 Å². The molecule has 0 bridgehead atoms. The van der Waals surface area contributed by atoms with Crippen LogP contribution in [0.3, 0.4) is 0 Å². The summed E-state index contributed by atoms with van der Waals surface area (Å²) >= 11 is 0. The van der Waals surface area contributed by atoms with Crippen LogP contribution in [0.4, 0.5) is 4.39 Å². The van der Waals surface area contributed by atoms with Gasteiger partial charge in [0.15, 0.2) is 6.61 Å². The van der Waals surface area contributed by atoms with Crippen LogP contribution in [0.15, 0.2) is 54.9 Å². The molecule has 0 saturated heterocycles. The number of benzene rings is 2. The van der Waals surface area contributed by atoms with Gasteiger partial charge >= 0.3 is 0 Å². The quantitative estimate of drug-likeness (QED) is 0.399. The molecule has 9 nitrogen and oxygen atoms in total. The summed E-state index contributed by atoms with van der Waals surface area (Å²) in [6, 6.07) is 12.9. The first-order valence-corrected chi connectivity index (χ1v) is 11.4. The van der Waals surface area contributed by atoms with E-state index in [2.05, 4.69) is 25.9 Å². The number of hydrogen-bond donors (Lipinski definition) is 3. The number of nitrogens with one attached hydrogen (secondary N) is 3. The molecule has 10 heteroatoms. The average molecular weight is 494 g/mol. The maximum absolute atomic E-state index is 13.4. The second kappa shape index (κ2) is 12.4. The largest absolute Gasteiger partial charge is 0.484 e. The fourth-order valence-electron chi connectivity index (χ4n) is 3.18. The first-order chi connectivity index (χ1) is 17.2. The van der Waals surface area contributed by atoms with Crippen molar-refractivity contribution in [1.82, 2.24) is 25.9 Å². The number of hydrogen-bond acceptors (Lipinski definition) is 6. The molecule has 1 heterocycles. The van der Waals surface area contributed by atoms with E-state index in [0.29, 0.717) is 11.3 Å². The van der Waals surface area contributed by atoms with Crippen molar-refractivity contribution in [2.75, 3.05) is 6.61 Å². The van der Waals surface area contributed by atoms with E-state index in [4.69, 9.17) is 4.74 Å². The molecule has 0 aliphatic heterocycles. The zero-order valence-corrected chi connectivity index (χ0v) is 20.3. The molecule has 3 aromatic rings. The summed E-state index contributed by atoms with van der Waals surface area (Å²) in [5.41, 5.74) is 2.12. The first kappa shape index (κ1) is 26.3. The Morgan fingerprint density at radius 3 is 2.06 bits per heavy atom. The number of nitrogens with zero attached hydrogens (tertiary/aromatic N) is 2. The van der Waals surface area contributed by atoms with Crippen molar-refractivity contribution in [3.8, 4) is 5.75 Å². The van der Waals surface area contributed by atoms with Crippen LogP contribution in [0.5, 0.6) is 5.75 Å². The molecule has 3 amide bonds. The van der Waals surface area contributed by atoms with Gasteiger partial charge in [0, 0.05) is 25.2 Å². The third-order valence-corrected chi connectivity index (χ3v) is 5.00. The fraction of sp³-hybridized carbons (Fsp3) is 0.269. The van der Waals surface area contributed by atoms with E-state index in [9.17, 15) is 18.8 Å². The van der Waals surface area contributed by atoms with Gasteiger partial charge < -0.3 is 20.7 Å². The molecule has 0 atom stereocenters. The summed E-state index contributed by atoms with van der Waals surface area (Å²) in [5.74, 6) is -0.930. The smallest absolute Gasteiger partial charge is 0.270 e. The number of aryl methyl sites for hydroxylation is 1. The lowest BCUT2D eigenvalue weighted by Gasteiger charge is -2.10. The third kappa shape index (κ3) is 7.86. The molecule has 36 heavy (non-hydrogen) atoms. The Kier molecular flexibility index (Phi) is 9.04. The predicted molar refractivity (Wildman–Crippen MR) is 131 cm³/mol. The van der Waals surface area contributed by atoms with Gasteiger partial charge in [0.25, 0.3) is 17.7 Å². The van der Waals surface area contributed by atoms with Crippen LogP contribution in [-0.2, 0) is 17.9 Å². The predicted octanol–water partition coefficient (Wildman–Crippen LogP) is 2.69. The van der Waals surface area contributed by atoms with E-state index < -0.39 is 11.8 Å². The van der Waals surface area contributed by atoms with E-state index >= 15 is 0 Å². The van der Waals surface area contributed by atoms with Crippen LogP contribution in [0.2, 0.25) is 0 Å². The van der Waals surface area contributed by atoms with Crippen LogP contribution in [0.1, 0.15) is 51.5 Å². The van der Waals surface area contributed by atoms with Crippen molar-refractivity contribution in [1.29, 1.82) is 0 Å². The Morgan fingerprint density at radius 1 is 0.889 bits per heavy atom. The maximum Gasteiger partial charge on any atom is 0.270 e. The summed E-state index contributed by atoms with van der Waals surface area (Å²) in [5, 5.41) is 8.18. The molecule has 2 aromatic carbocycles. The lowest BCUT2D eigenvalue weighted by molar-refractivity contribution is -0.123. The second-order valence-corrected chi connectivity index (χ2v) is 8.39. The van der Waals surface area contributed by atoms with Crippen LogP contribution in [0, 0.1) is 12.7 Å². The van der Waals surface area contributed by atoms with Crippen molar-refractivity contribution in [3.63, 3.8) is 0 Å². The summed E-state index contributed by atoms with van der Waals surface area (Å²) in [4.78, 5) is 44.5. The normalized spacial score (nSPS) is 10.6. The van der Waals surface area contributed by atoms with Gasteiger partial charge in [0.05, 0.1) is 0 Å². The lowest BCUT2D eigenvalue weighted by Crippen LogP contribution is -2.34. The monoisotopic (exact) mass is 493 g/mol. The number of carbonyl (C=O) groups excluding carboxylic acids is 3.